The molecule has 1 N–H and O–H groups in total. The van der Waals surface area contributed by atoms with Gasteiger partial charge >= 0.3 is 0 Å². The van der Waals surface area contributed by atoms with Gasteiger partial charge in [-0.2, -0.15) is 0 Å². The molecule has 28 heavy (non-hydrogen) atoms. The van der Waals surface area contributed by atoms with Gasteiger partial charge in [-0.1, -0.05) is 55.9 Å². The molecule has 0 saturated carbocycles. The average molecular weight is 399 g/mol. The highest BCUT2D eigenvalue weighted by molar-refractivity contribution is 8.00. The van der Waals surface area contributed by atoms with Crippen molar-refractivity contribution in [3.8, 4) is 11.4 Å². The topological polar surface area (TPSA) is 59.8 Å². The van der Waals surface area contributed by atoms with E-state index in [9.17, 15) is 9.18 Å². The fourth-order valence-electron chi connectivity index (χ4n) is 2.72. The summed E-state index contributed by atoms with van der Waals surface area (Å²) in [5, 5.41) is 11.6. The number of rotatable bonds is 7. The number of benzene rings is 2. The summed E-state index contributed by atoms with van der Waals surface area (Å²) in [6.45, 7) is 6.60. The number of hydrogen-bond donors (Lipinski definition) is 1. The Hall–Kier alpha value is -2.67. The zero-order valence-electron chi connectivity index (χ0n) is 16.1. The van der Waals surface area contributed by atoms with Gasteiger partial charge in [0, 0.05) is 12.2 Å². The number of carbonyl (C=O) groups is 1. The maximum absolute atomic E-state index is 14.3. The Morgan fingerprint density at radius 2 is 1.75 bits per heavy atom. The summed E-state index contributed by atoms with van der Waals surface area (Å²) >= 11 is 1.32. The van der Waals surface area contributed by atoms with Gasteiger partial charge in [-0.05, 0) is 37.1 Å². The lowest BCUT2D eigenvalue weighted by molar-refractivity contribution is -0.115. The molecule has 3 rings (SSSR count). The van der Waals surface area contributed by atoms with Crippen LogP contribution in [0.4, 0.5) is 10.1 Å². The van der Waals surface area contributed by atoms with Gasteiger partial charge in [0.2, 0.25) is 5.91 Å². The number of anilines is 1. The SMILES string of the molecule is CC(C)Cn1c(S[C@@H](C)C(=O)Nc2ccccc2)nnc1-c1ccccc1F. The number of aromatic nitrogens is 3. The van der Waals surface area contributed by atoms with Crippen LogP contribution < -0.4 is 5.32 Å². The minimum atomic E-state index is -0.385. The first-order valence-electron chi connectivity index (χ1n) is 9.16. The minimum Gasteiger partial charge on any atom is -0.325 e. The largest absolute Gasteiger partial charge is 0.325 e. The zero-order chi connectivity index (χ0) is 20.1. The Morgan fingerprint density at radius 3 is 2.43 bits per heavy atom. The molecule has 0 spiro atoms. The second kappa shape index (κ2) is 9.01. The van der Waals surface area contributed by atoms with Crippen LogP contribution in [0, 0.1) is 11.7 Å². The number of thioether (sulfide) groups is 1. The highest BCUT2D eigenvalue weighted by Crippen LogP contribution is 2.29. The lowest BCUT2D eigenvalue weighted by Crippen LogP contribution is -2.23. The van der Waals surface area contributed by atoms with Gasteiger partial charge in [-0.15, -0.1) is 10.2 Å². The van der Waals surface area contributed by atoms with Gasteiger partial charge in [0.25, 0.3) is 0 Å². The van der Waals surface area contributed by atoms with Gasteiger partial charge in [0.1, 0.15) is 5.82 Å². The van der Waals surface area contributed by atoms with Crippen molar-refractivity contribution in [3.63, 3.8) is 0 Å². The van der Waals surface area contributed by atoms with Crippen molar-refractivity contribution in [1.29, 1.82) is 0 Å². The molecule has 5 nitrogen and oxygen atoms in total. The molecule has 1 amide bonds. The standard InChI is InChI=1S/C21H23FN4OS/c1-14(2)13-26-19(17-11-7-8-12-18(17)22)24-25-21(26)28-15(3)20(27)23-16-9-5-4-6-10-16/h4-12,14-15H,13H2,1-3H3,(H,23,27)/t15-/m0/s1. The zero-order valence-corrected chi connectivity index (χ0v) is 16.9. The summed E-state index contributed by atoms with van der Waals surface area (Å²) in [4.78, 5) is 12.5. The summed E-state index contributed by atoms with van der Waals surface area (Å²) in [6, 6.07) is 15.8. The third kappa shape index (κ3) is 4.78. The van der Waals surface area contributed by atoms with Crippen molar-refractivity contribution in [1.82, 2.24) is 14.8 Å². The lowest BCUT2D eigenvalue weighted by Gasteiger charge is -2.15. The minimum absolute atomic E-state index is 0.122. The summed E-state index contributed by atoms with van der Waals surface area (Å²) in [7, 11) is 0. The quantitative estimate of drug-likeness (QED) is 0.578. The molecule has 0 aliphatic carbocycles. The molecule has 1 heterocycles. The normalized spacial score (nSPS) is 12.2. The van der Waals surface area contributed by atoms with Gasteiger partial charge in [0.05, 0.1) is 10.8 Å². The molecule has 146 valence electrons. The first-order valence-corrected chi connectivity index (χ1v) is 10.0. The van der Waals surface area contributed by atoms with Crippen LogP contribution in [0.3, 0.4) is 0 Å². The van der Waals surface area contributed by atoms with Crippen molar-refractivity contribution in [2.45, 2.75) is 37.7 Å². The van der Waals surface area contributed by atoms with Crippen LogP contribution in [0.15, 0.2) is 59.8 Å². The van der Waals surface area contributed by atoms with Crippen LogP contribution in [-0.4, -0.2) is 25.9 Å². The molecule has 0 aliphatic rings. The van der Waals surface area contributed by atoms with Gasteiger partial charge in [-0.25, -0.2) is 4.39 Å². The van der Waals surface area contributed by atoms with Crippen molar-refractivity contribution in [2.24, 2.45) is 5.92 Å². The van der Waals surface area contributed by atoms with Crippen molar-refractivity contribution in [2.75, 3.05) is 5.32 Å². The number of para-hydroxylation sites is 1. The summed E-state index contributed by atoms with van der Waals surface area (Å²) in [5.74, 6) is 0.327. The molecule has 2 aromatic carbocycles. The summed E-state index contributed by atoms with van der Waals surface area (Å²) in [6.07, 6.45) is 0. The van der Waals surface area contributed by atoms with E-state index >= 15 is 0 Å². The van der Waals surface area contributed by atoms with Crippen molar-refractivity contribution < 1.29 is 9.18 Å². The van der Waals surface area contributed by atoms with E-state index in [0.717, 1.165) is 5.69 Å². The Balaban J connectivity index is 1.83. The van der Waals surface area contributed by atoms with E-state index < -0.39 is 0 Å². The number of halogens is 1. The second-order valence-corrected chi connectivity index (χ2v) is 8.21. The van der Waals surface area contributed by atoms with Crippen LogP contribution in [0.1, 0.15) is 20.8 Å². The molecule has 3 aromatic rings. The van der Waals surface area contributed by atoms with Crippen LogP contribution in [-0.2, 0) is 11.3 Å². The third-order valence-corrected chi connectivity index (χ3v) is 5.15. The van der Waals surface area contributed by atoms with Gasteiger partial charge in [-0.3, -0.25) is 4.79 Å². The fourth-order valence-corrected chi connectivity index (χ4v) is 3.58. The van der Waals surface area contributed by atoms with Crippen LogP contribution >= 0.6 is 11.8 Å². The van der Waals surface area contributed by atoms with Crippen LogP contribution in [0.2, 0.25) is 0 Å². The molecular weight excluding hydrogens is 375 g/mol. The number of carbonyl (C=O) groups excluding carboxylic acids is 1. The molecule has 0 radical (unpaired) electrons. The third-order valence-electron chi connectivity index (χ3n) is 4.07. The Kier molecular flexibility index (Phi) is 6.46. The number of nitrogens with zero attached hydrogens (tertiary/aromatic N) is 3. The number of amides is 1. The van der Waals surface area contributed by atoms with E-state index in [0.29, 0.717) is 29.0 Å². The monoisotopic (exact) mass is 398 g/mol. The molecule has 0 aliphatic heterocycles. The van der Waals surface area contributed by atoms with E-state index in [4.69, 9.17) is 0 Å². The highest BCUT2D eigenvalue weighted by atomic mass is 32.2. The molecule has 0 unspecified atom stereocenters. The highest BCUT2D eigenvalue weighted by Gasteiger charge is 2.22. The van der Waals surface area contributed by atoms with Crippen LogP contribution in [0.25, 0.3) is 11.4 Å². The molecular formula is C21H23FN4OS. The van der Waals surface area contributed by atoms with Crippen molar-refractivity contribution >= 4 is 23.4 Å². The van der Waals surface area contributed by atoms with Gasteiger partial charge < -0.3 is 9.88 Å². The van der Waals surface area contributed by atoms with E-state index in [1.807, 2.05) is 41.8 Å². The molecule has 7 heteroatoms. The van der Waals surface area contributed by atoms with E-state index in [1.54, 1.807) is 18.2 Å². The Morgan fingerprint density at radius 1 is 1.07 bits per heavy atom. The summed E-state index contributed by atoms with van der Waals surface area (Å²) < 4.78 is 16.2. The molecule has 0 bridgehead atoms. The number of hydrogen-bond acceptors (Lipinski definition) is 4. The van der Waals surface area contributed by atoms with E-state index in [1.165, 1.54) is 17.8 Å². The summed E-state index contributed by atoms with van der Waals surface area (Å²) in [5.41, 5.74) is 1.15. The molecule has 1 atom stereocenters. The molecule has 0 saturated heterocycles. The van der Waals surface area contributed by atoms with E-state index in [2.05, 4.69) is 29.4 Å². The second-order valence-electron chi connectivity index (χ2n) is 6.91. The van der Waals surface area contributed by atoms with Crippen LogP contribution in [0.5, 0.6) is 0 Å². The predicted octanol–water partition coefficient (Wildman–Crippen LogP) is 4.86. The fraction of sp³-hybridized carbons (Fsp3) is 0.286. The predicted molar refractivity (Wildman–Crippen MR) is 111 cm³/mol. The average Bonchev–Trinajstić information content (AvgIpc) is 3.04. The van der Waals surface area contributed by atoms with E-state index in [-0.39, 0.29) is 17.0 Å². The Bertz CT molecular complexity index is 943. The lowest BCUT2D eigenvalue weighted by atomic mass is 10.2. The van der Waals surface area contributed by atoms with Gasteiger partial charge in [0.15, 0.2) is 11.0 Å². The molecule has 1 aromatic heterocycles. The molecule has 0 fully saturated rings. The Labute approximate surface area is 168 Å². The van der Waals surface area contributed by atoms with Crippen molar-refractivity contribution in [3.05, 3.63) is 60.4 Å². The smallest absolute Gasteiger partial charge is 0.237 e. The maximum atomic E-state index is 14.3. The first kappa shape index (κ1) is 20.1. The number of nitrogens with one attached hydrogen (secondary N) is 1. The maximum Gasteiger partial charge on any atom is 0.237 e. The first-order chi connectivity index (χ1) is 13.5.